The first-order valence-corrected chi connectivity index (χ1v) is 10.3. The molecule has 0 unspecified atom stereocenters. The molecule has 7 heteroatoms. The number of para-hydroxylation sites is 1. The number of hydrogen-bond acceptors (Lipinski definition) is 5. The van der Waals surface area contributed by atoms with Crippen LogP contribution in [-0.4, -0.2) is 67.3 Å². The Bertz CT molecular complexity index is 842. The third kappa shape index (κ3) is 3.89. The number of carbonyl (C=O) groups excluding carboxylic acids is 2. The summed E-state index contributed by atoms with van der Waals surface area (Å²) in [7, 11) is 3.18. The van der Waals surface area contributed by atoms with E-state index in [0.29, 0.717) is 25.3 Å². The van der Waals surface area contributed by atoms with Gasteiger partial charge in [0.05, 0.1) is 12.5 Å². The second-order valence-electron chi connectivity index (χ2n) is 7.75. The molecule has 1 aromatic carbocycles. The molecule has 2 aliphatic rings. The number of nitrogens with zero attached hydrogens (tertiary/aromatic N) is 2. The SMILES string of the molecule is COC(OC)[C@@H]1CCCN1C(=O)[C@@H]1CCCN1C(=O)Cc1cc2ccccc2o1. The van der Waals surface area contributed by atoms with Crippen LogP contribution in [0.2, 0.25) is 0 Å². The van der Waals surface area contributed by atoms with Gasteiger partial charge >= 0.3 is 0 Å². The molecule has 2 atom stereocenters. The number of benzene rings is 1. The van der Waals surface area contributed by atoms with Gasteiger partial charge in [-0.1, -0.05) is 18.2 Å². The summed E-state index contributed by atoms with van der Waals surface area (Å²) in [6, 6.07) is 9.08. The Morgan fingerprint density at radius 1 is 1.10 bits per heavy atom. The summed E-state index contributed by atoms with van der Waals surface area (Å²) in [5, 5.41) is 0.981. The summed E-state index contributed by atoms with van der Waals surface area (Å²) in [6.45, 7) is 1.28. The Labute approximate surface area is 170 Å². The van der Waals surface area contributed by atoms with E-state index in [1.807, 2.05) is 35.2 Å². The van der Waals surface area contributed by atoms with Crippen LogP contribution in [0.25, 0.3) is 11.0 Å². The maximum absolute atomic E-state index is 13.3. The molecule has 2 saturated heterocycles. The van der Waals surface area contributed by atoms with Crippen LogP contribution in [0.15, 0.2) is 34.7 Å². The van der Waals surface area contributed by atoms with Gasteiger partial charge in [0.1, 0.15) is 17.4 Å². The highest BCUT2D eigenvalue weighted by Crippen LogP contribution is 2.28. The number of hydrogen-bond donors (Lipinski definition) is 0. The minimum atomic E-state index is -0.442. The molecule has 2 fully saturated rings. The summed E-state index contributed by atoms with van der Waals surface area (Å²) in [6.07, 6.45) is 3.01. The van der Waals surface area contributed by atoms with E-state index in [0.717, 1.165) is 30.2 Å². The third-order valence-corrected chi connectivity index (χ3v) is 6.02. The van der Waals surface area contributed by atoms with Crippen LogP contribution in [0.5, 0.6) is 0 Å². The molecule has 3 heterocycles. The highest BCUT2D eigenvalue weighted by atomic mass is 16.7. The fraction of sp³-hybridized carbons (Fsp3) is 0.545. The number of methoxy groups -OCH3 is 2. The van der Waals surface area contributed by atoms with Gasteiger partial charge in [0.2, 0.25) is 11.8 Å². The summed E-state index contributed by atoms with van der Waals surface area (Å²) in [5.41, 5.74) is 0.773. The molecule has 0 aliphatic carbocycles. The van der Waals surface area contributed by atoms with Gasteiger partial charge in [-0.05, 0) is 37.8 Å². The zero-order valence-corrected chi connectivity index (χ0v) is 17.0. The molecule has 0 saturated carbocycles. The molecule has 2 aliphatic heterocycles. The highest BCUT2D eigenvalue weighted by Gasteiger charge is 2.42. The van der Waals surface area contributed by atoms with E-state index in [2.05, 4.69) is 0 Å². The van der Waals surface area contributed by atoms with E-state index in [-0.39, 0.29) is 24.3 Å². The van der Waals surface area contributed by atoms with Gasteiger partial charge in [0, 0.05) is 32.7 Å². The first-order chi connectivity index (χ1) is 14.1. The lowest BCUT2D eigenvalue weighted by Gasteiger charge is -2.34. The zero-order valence-electron chi connectivity index (χ0n) is 17.0. The van der Waals surface area contributed by atoms with Gasteiger partial charge < -0.3 is 23.7 Å². The molecule has 2 amide bonds. The van der Waals surface area contributed by atoms with Gasteiger partial charge in [-0.2, -0.15) is 0 Å². The van der Waals surface area contributed by atoms with Crippen LogP contribution in [0.3, 0.4) is 0 Å². The predicted octanol–water partition coefficient (Wildman–Crippen LogP) is 2.58. The lowest BCUT2D eigenvalue weighted by atomic mass is 10.1. The number of ether oxygens (including phenoxy) is 2. The Hall–Kier alpha value is -2.38. The molecule has 0 spiro atoms. The maximum atomic E-state index is 13.3. The summed E-state index contributed by atoms with van der Waals surface area (Å²) >= 11 is 0. The van der Waals surface area contributed by atoms with Crippen molar-refractivity contribution in [1.82, 2.24) is 9.80 Å². The number of likely N-dealkylation sites (tertiary alicyclic amines) is 2. The van der Waals surface area contributed by atoms with E-state index in [9.17, 15) is 9.59 Å². The minimum absolute atomic E-state index is 0.00190. The van der Waals surface area contributed by atoms with Crippen LogP contribution in [0.1, 0.15) is 31.4 Å². The Morgan fingerprint density at radius 3 is 2.59 bits per heavy atom. The number of furan rings is 1. The van der Waals surface area contributed by atoms with E-state index < -0.39 is 12.3 Å². The standard InChI is InChI=1S/C22H28N2O5/c1-27-22(28-2)18-9-6-12-24(18)21(26)17-8-5-11-23(17)20(25)14-16-13-15-7-3-4-10-19(15)29-16/h3-4,7,10,13,17-18,22H,5-6,8-9,11-12,14H2,1-2H3/t17-,18-/m0/s1. The molecular formula is C22H28N2O5. The maximum Gasteiger partial charge on any atom is 0.245 e. The number of rotatable bonds is 6. The quantitative estimate of drug-likeness (QED) is 0.697. The van der Waals surface area contributed by atoms with E-state index in [1.54, 1.807) is 19.1 Å². The lowest BCUT2D eigenvalue weighted by Crippen LogP contribution is -2.52. The minimum Gasteiger partial charge on any atom is -0.461 e. The van der Waals surface area contributed by atoms with Crippen LogP contribution in [0.4, 0.5) is 0 Å². The van der Waals surface area contributed by atoms with Crippen LogP contribution < -0.4 is 0 Å². The van der Waals surface area contributed by atoms with Gasteiger partial charge in [-0.25, -0.2) is 0 Å². The molecule has 2 aromatic rings. The van der Waals surface area contributed by atoms with Crippen molar-refractivity contribution in [2.45, 2.75) is 50.5 Å². The van der Waals surface area contributed by atoms with E-state index in [4.69, 9.17) is 13.9 Å². The normalized spacial score (nSPS) is 22.2. The summed E-state index contributed by atoms with van der Waals surface area (Å²) in [5.74, 6) is 0.569. The van der Waals surface area contributed by atoms with Gasteiger partial charge in [-0.3, -0.25) is 9.59 Å². The van der Waals surface area contributed by atoms with Crippen molar-refractivity contribution in [1.29, 1.82) is 0 Å². The molecule has 156 valence electrons. The Balaban J connectivity index is 1.46. The van der Waals surface area contributed by atoms with Crippen molar-refractivity contribution in [3.05, 3.63) is 36.1 Å². The van der Waals surface area contributed by atoms with Crippen molar-refractivity contribution in [2.75, 3.05) is 27.3 Å². The van der Waals surface area contributed by atoms with Gasteiger partial charge in [0.25, 0.3) is 0 Å². The first kappa shape index (κ1) is 19.9. The summed E-state index contributed by atoms with van der Waals surface area (Å²) in [4.78, 5) is 29.9. The Morgan fingerprint density at radius 2 is 1.83 bits per heavy atom. The zero-order chi connectivity index (χ0) is 20.4. The van der Waals surface area contributed by atoms with Crippen LogP contribution in [0, 0.1) is 0 Å². The predicted molar refractivity (Wildman–Crippen MR) is 107 cm³/mol. The fourth-order valence-corrected chi connectivity index (χ4v) is 4.65. The molecule has 0 N–H and O–H groups in total. The monoisotopic (exact) mass is 400 g/mol. The lowest BCUT2D eigenvalue weighted by molar-refractivity contribution is -0.161. The second-order valence-corrected chi connectivity index (χ2v) is 7.75. The van der Waals surface area contributed by atoms with Crippen molar-refractivity contribution in [2.24, 2.45) is 0 Å². The second kappa shape index (κ2) is 8.55. The number of fused-ring (bicyclic) bond motifs is 1. The van der Waals surface area contributed by atoms with Gasteiger partial charge in [0.15, 0.2) is 6.29 Å². The van der Waals surface area contributed by atoms with Crippen molar-refractivity contribution in [3.8, 4) is 0 Å². The van der Waals surface area contributed by atoms with Crippen molar-refractivity contribution in [3.63, 3.8) is 0 Å². The molecule has 0 radical (unpaired) electrons. The van der Waals surface area contributed by atoms with Crippen molar-refractivity contribution >= 4 is 22.8 Å². The average Bonchev–Trinajstić information content (AvgIpc) is 3.47. The number of carbonyl (C=O) groups is 2. The number of amides is 2. The Kier molecular flexibility index (Phi) is 5.87. The van der Waals surface area contributed by atoms with Crippen LogP contribution in [-0.2, 0) is 25.5 Å². The summed E-state index contributed by atoms with van der Waals surface area (Å²) < 4.78 is 16.6. The topological polar surface area (TPSA) is 72.2 Å². The van der Waals surface area contributed by atoms with E-state index >= 15 is 0 Å². The molecule has 4 rings (SSSR count). The molecule has 29 heavy (non-hydrogen) atoms. The first-order valence-electron chi connectivity index (χ1n) is 10.3. The average molecular weight is 400 g/mol. The molecule has 7 nitrogen and oxygen atoms in total. The van der Waals surface area contributed by atoms with Crippen molar-refractivity contribution < 1.29 is 23.5 Å². The third-order valence-electron chi connectivity index (χ3n) is 6.02. The van der Waals surface area contributed by atoms with E-state index in [1.165, 1.54) is 0 Å². The van der Waals surface area contributed by atoms with Crippen LogP contribution >= 0.6 is 0 Å². The fourth-order valence-electron chi connectivity index (χ4n) is 4.65. The molecule has 1 aromatic heterocycles. The smallest absolute Gasteiger partial charge is 0.245 e. The molecular weight excluding hydrogens is 372 g/mol. The highest BCUT2D eigenvalue weighted by molar-refractivity contribution is 5.89. The molecule has 0 bridgehead atoms. The largest absolute Gasteiger partial charge is 0.461 e. The van der Waals surface area contributed by atoms with Gasteiger partial charge in [-0.15, -0.1) is 0 Å².